The number of aromatic nitrogens is 1. The van der Waals surface area contributed by atoms with Gasteiger partial charge in [-0.05, 0) is 44.0 Å². The van der Waals surface area contributed by atoms with Crippen molar-refractivity contribution in [2.75, 3.05) is 26.7 Å². The minimum atomic E-state index is 0.281. The van der Waals surface area contributed by atoms with Crippen LogP contribution in [0.1, 0.15) is 18.4 Å². The third kappa shape index (κ3) is 4.05. The topological polar surface area (TPSA) is 51.4 Å². The summed E-state index contributed by atoms with van der Waals surface area (Å²) in [5.41, 5.74) is 6.95. The lowest BCUT2D eigenvalue weighted by Gasteiger charge is -2.21. The third-order valence-corrected chi connectivity index (χ3v) is 3.51. The second-order valence-corrected chi connectivity index (χ2v) is 5.06. The number of nitrogens with two attached hydrogens (primary N) is 1. The number of rotatable bonds is 6. The molecule has 0 amide bonds. The molecule has 2 heterocycles. The van der Waals surface area contributed by atoms with Crippen LogP contribution in [0, 0.1) is 0 Å². The van der Waals surface area contributed by atoms with Gasteiger partial charge in [-0.2, -0.15) is 0 Å². The first-order valence-electron chi connectivity index (χ1n) is 6.71. The number of hydrogen-bond donors (Lipinski definition) is 1. The molecule has 0 aromatic carbocycles. The van der Waals surface area contributed by atoms with Crippen LogP contribution < -0.4 is 5.73 Å². The van der Waals surface area contributed by atoms with Gasteiger partial charge in [0.15, 0.2) is 0 Å². The van der Waals surface area contributed by atoms with E-state index in [9.17, 15) is 0 Å². The first-order chi connectivity index (χ1) is 8.78. The highest BCUT2D eigenvalue weighted by atomic mass is 16.5. The van der Waals surface area contributed by atoms with E-state index in [1.54, 1.807) is 0 Å². The van der Waals surface area contributed by atoms with Gasteiger partial charge in [0.2, 0.25) is 0 Å². The van der Waals surface area contributed by atoms with Gasteiger partial charge in [0.05, 0.1) is 12.2 Å². The fourth-order valence-electron chi connectivity index (χ4n) is 2.40. The minimum absolute atomic E-state index is 0.281. The van der Waals surface area contributed by atoms with E-state index in [-0.39, 0.29) is 6.10 Å². The molecule has 0 spiro atoms. The maximum atomic E-state index is 5.86. The smallest absolute Gasteiger partial charge is 0.0707 e. The molecule has 2 atom stereocenters. The number of nitrogens with zero attached hydrogens (tertiary/aromatic N) is 2. The Balaban J connectivity index is 1.68. The summed E-state index contributed by atoms with van der Waals surface area (Å²) in [5, 5.41) is 0. The van der Waals surface area contributed by atoms with Crippen molar-refractivity contribution in [2.24, 2.45) is 5.73 Å². The Hall–Kier alpha value is -0.970. The summed E-state index contributed by atoms with van der Waals surface area (Å²) in [4.78, 5) is 6.37. The molecular formula is C14H23N3O. The quantitative estimate of drug-likeness (QED) is 0.819. The molecule has 1 aromatic rings. The summed E-state index contributed by atoms with van der Waals surface area (Å²) in [5.74, 6) is 0. The van der Waals surface area contributed by atoms with Crippen molar-refractivity contribution in [2.45, 2.75) is 31.5 Å². The average molecular weight is 249 g/mol. The Kier molecular flexibility index (Phi) is 5.11. The van der Waals surface area contributed by atoms with E-state index in [1.165, 1.54) is 5.56 Å². The van der Waals surface area contributed by atoms with E-state index in [4.69, 9.17) is 10.5 Å². The zero-order chi connectivity index (χ0) is 12.8. The van der Waals surface area contributed by atoms with E-state index in [0.717, 1.165) is 32.4 Å². The second-order valence-electron chi connectivity index (χ2n) is 5.06. The van der Waals surface area contributed by atoms with Crippen LogP contribution in [0.25, 0.3) is 0 Å². The van der Waals surface area contributed by atoms with Crippen molar-refractivity contribution in [3.63, 3.8) is 0 Å². The molecule has 0 radical (unpaired) electrons. The molecule has 0 saturated carbocycles. The number of pyridine rings is 1. The number of likely N-dealkylation sites (N-methyl/N-ethyl adjacent to an activating group) is 1. The van der Waals surface area contributed by atoms with Gasteiger partial charge < -0.3 is 15.4 Å². The predicted octanol–water partition coefficient (Wildman–Crippen LogP) is 1.06. The highest BCUT2D eigenvalue weighted by Crippen LogP contribution is 2.19. The van der Waals surface area contributed by atoms with E-state index in [1.807, 2.05) is 12.4 Å². The van der Waals surface area contributed by atoms with Crippen molar-refractivity contribution in [3.05, 3.63) is 30.1 Å². The SMILES string of the molecule is CN(CCc1ccncc1)CC1CCC(CN)O1. The summed E-state index contributed by atoms with van der Waals surface area (Å²) in [6.45, 7) is 2.70. The Bertz CT molecular complexity index is 344. The lowest BCUT2D eigenvalue weighted by atomic mass is 10.1. The molecule has 2 N–H and O–H groups in total. The first-order valence-corrected chi connectivity index (χ1v) is 6.71. The molecule has 2 rings (SSSR count). The van der Waals surface area contributed by atoms with Crippen molar-refractivity contribution in [3.8, 4) is 0 Å². The summed E-state index contributed by atoms with van der Waals surface area (Å²) in [6.07, 6.45) is 7.65. The van der Waals surface area contributed by atoms with Gasteiger partial charge in [-0.3, -0.25) is 4.98 Å². The molecule has 18 heavy (non-hydrogen) atoms. The van der Waals surface area contributed by atoms with Crippen molar-refractivity contribution >= 4 is 0 Å². The normalized spacial score (nSPS) is 23.7. The van der Waals surface area contributed by atoms with E-state index in [2.05, 4.69) is 29.1 Å². The van der Waals surface area contributed by atoms with Gasteiger partial charge in [0.25, 0.3) is 0 Å². The molecule has 4 nitrogen and oxygen atoms in total. The molecule has 0 bridgehead atoms. The monoisotopic (exact) mass is 249 g/mol. The first kappa shape index (κ1) is 13.5. The van der Waals surface area contributed by atoms with Crippen LogP contribution in [0.15, 0.2) is 24.5 Å². The van der Waals surface area contributed by atoms with Crippen LogP contribution in [0.4, 0.5) is 0 Å². The van der Waals surface area contributed by atoms with E-state index >= 15 is 0 Å². The van der Waals surface area contributed by atoms with Crippen LogP contribution in [0.2, 0.25) is 0 Å². The lowest BCUT2D eigenvalue weighted by Crippen LogP contribution is -2.31. The van der Waals surface area contributed by atoms with Crippen LogP contribution in [0.3, 0.4) is 0 Å². The van der Waals surface area contributed by atoms with Gasteiger partial charge in [0, 0.05) is 32.0 Å². The Morgan fingerprint density at radius 2 is 2.06 bits per heavy atom. The zero-order valence-electron chi connectivity index (χ0n) is 11.1. The van der Waals surface area contributed by atoms with Crippen LogP contribution >= 0.6 is 0 Å². The van der Waals surface area contributed by atoms with Crippen LogP contribution in [-0.2, 0) is 11.2 Å². The lowest BCUT2D eigenvalue weighted by molar-refractivity contribution is 0.0320. The molecule has 4 heteroatoms. The van der Waals surface area contributed by atoms with Crippen LogP contribution in [0.5, 0.6) is 0 Å². The summed E-state index contributed by atoms with van der Waals surface area (Å²) >= 11 is 0. The Morgan fingerprint density at radius 3 is 2.72 bits per heavy atom. The van der Waals surface area contributed by atoms with E-state index < -0.39 is 0 Å². The highest BCUT2D eigenvalue weighted by Gasteiger charge is 2.24. The molecule has 1 fully saturated rings. The Labute approximate surface area is 109 Å². The number of hydrogen-bond acceptors (Lipinski definition) is 4. The largest absolute Gasteiger partial charge is 0.372 e. The van der Waals surface area contributed by atoms with Crippen molar-refractivity contribution in [1.82, 2.24) is 9.88 Å². The average Bonchev–Trinajstić information content (AvgIpc) is 2.85. The van der Waals surface area contributed by atoms with Crippen LogP contribution in [-0.4, -0.2) is 48.8 Å². The van der Waals surface area contributed by atoms with Gasteiger partial charge in [0.1, 0.15) is 0 Å². The zero-order valence-corrected chi connectivity index (χ0v) is 11.1. The molecule has 100 valence electrons. The molecule has 0 aliphatic carbocycles. The molecule has 1 aromatic heterocycles. The van der Waals surface area contributed by atoms with Crippen molar-refractivity contribution in [1.29, 1.82) is 0 Å². The molecule has 1 aliphatic heterocycles. The third-order valence-electron chi connectivity index (χ3n) is 3.51. The fourth-order valence-corrected chi connectivity index (χ4v) is 2.40. The minimum Gasteiger partial charge on any atom is -0.372 e. The van der Waals surface area contributed by atoms with Gasteiger partial charge in [-0.25, -0.2) is 0 Å². The molecule has 1 aliphatic rings. The summed E-state index contributed by atoms with van der Waals surface area (Å²) < 4.78 is 5.86. The standard InChI is InChI=1S/C14H23N3O/c1-17(9-6-12-4-7-16-8-5-12)11-14-3-2-13(10-15)18-14/h4-5,7-8,13-14H,2-3,6,9-11,15H2,1H3. The summed E-state index contributed by atoms with van der Waals surface area (Å²) in [6, 6.07) is 4.15. The predicted molar refractivity (Wildman–Crippen MR) is 72.4 cm³/mol. The molecule has 1 saturated heterocycles. The highest BCUT2D eigenvalue weighted by molar-refractivity contribution is 5.09. The van der Waals surface area contributed by atoms with Gasteiger partial charge in [-0.1, -0.05) is 0 Å². The number of ether oxygens (including phenoxy) is 1. The molecule has 2 unspecified atom stereocenters. The van der Waals surface area contributed by atoms with Crippen molar-refractivity contribution < 1.29 is 4.74 Å². The summed E-state index contributed by atoms with van der Waals surface area (Å²) in [7, 11) is 2.15. The maximum absolute atomic E-state index is 5.86. The molecular weight excluding hydrogens is 226 g/mol. The van der Waals surface area contributed by atoms with Gasteiger partial charge >= 0.3 is 0 Å². The Morgan fingerprint density at radius 1 is 1.33 bits per heavy atom. The van der Waals surface area contributed by atoms with Gasteiger partial charge in [-0.15, -0.1) is 0 Å². The van der Waals surface area contributed by atoms with E-state index in [0.29, 0.717) is 12.6 Å². The maximum Gasteiger partial charge on any atom is 0.0707 e. The fraction of sp³-hybridized carbons (Fsp3) is 0.643. The second kappa shape index (κ2) is 6.83.